The first-order valence-electron chi connectivity index (χ1n) is 7.28. The number of amides is 1. The lowest BCUT2D eigenvalue weighted by Crippen LogP contribution is -2.33. The molecule has 20 heavy (non-hydrogen) atoms. The molecule has 1 unspecified atom stereocenters. The Hall–Kier alpha value is -1.06. The SMILES string of the molecule is CC(CNC(=O)CC1CCNCC1)c1ccccc1.Cl. The number of benzene rings is 1. The Morgan fingerprint density at radius 2 is 1.95 bits per heavy atom. The van der Waals surface area contributed by atoms with Crippen LogP contribution in [0.1, 0.15) is 37.7 Å². The van der Waals surface area contributed by atoms with Gasteiger partial charge in [0.2, 0.25) is 5.91 Å². The lowest BCUT2D eigenvalue weighted by Gasteiger charge is -2.22. The highest BCUT2D eigenvalue weighted by Gasteiger charge is 2.17. The van der Waals surface area contributed by atoms with Crippen molar-refractivity contribution in [3.05, 3.63) is 35.9 Å². The Labute approximate surface area is 127 Å². The second-order valence-electron chi connectivity index (χ2n) is 5.51. The first kappa shape index (κ1) is 17.0. The van der Waals surface area contributed by atoms with E-state index in [-0.39, 0.29) is 18.3 Å². The summed E-state index contributed by atoms with van der Waals surface area (Å²) in [4.78, 5) is 11.9. The molecule has 2 N–H and O–H groups in total. The first-order chi connectivity index (χ1) is 9.25. The van der Waals surface area contributed by atoms with E-state index < -0.39 is 0 Å². The zero-order chi connectivity index (χ0) is 13.5. The molecular formula is C16H25ClN2O. The van der Waals surface area contributed by atoms with Crippen LogP contribution in [-0.2, 0) is 4.79 Å². The minimum atomic E-state index is 0. The molecule has 112 valence electrons. The van der Waals surface area contributed by atoms with Crippen LogP contribution >= 0.6 is 12.4 Å². The molecule has 1 saturated heterocycles. The van der Waals surface area contributed by atoms with E-state index >= 15 is 0 Å². The molecule has 0 aliphatic carbocycles. The Balaban J connectivity index is 0.00000200. The molecule has 1 amide bonds. The highest BCUT2D eigenvalue weighted by molar-refractivity contribution is 5.85. The highest BCUT2D eigenvalue weighted by Crippen LogP contribution is 2.16. The molecule has 1 aromatic rings. The zero-order valence-corrected chi connectivity index (χ0v) is 12.9. The summed E-state index contributed by atoms with van der Waals surface area (Å²) < 4.78 is 0. The van der Waals surface area contributed by atoms with E-state index in [0.29, 0.717) is 18.3 Å². The van der Waals surface area contributed by atoms with Crippen molar-refractivity contribution in [2.24, 2.45) is 5.92 Å². The van der Waals surface area contributed by atoms with Crippen molar-refractivity contribution in [1.82, 2.24) is 10.6 Å². The number of carbonyl (C=O) groups is 1. The Bertz CT molecular complexity index is 391. The van der Waals surface area contributed by atoms with Crippen LogP contribution in [0.3, 0.4) is 0 Å². The highest BCUT2D eigenvalue weighted by atomic mass is 35.5. The minimum Gasteiger partial charge on any atom is -0.355 e. The monoisotopic (exact) mass is 296 g/mol. The van der Waals surface area contributed by atoms with Crippen molar-refractivity contribution in [2.45, 2.75) is 32.1 Å². The third kappa shape index (κ3) is 5.51. The fourth-order valence-electron chi connectivity index (χ4n) is 2.59. The quantitative estimate of drug-likeness (QED) is 0.877. The van der Waals surface area contributed by atoms with Crippen molar-refractivity contribution in [1.29, 1.82) is 0 Å². The van der Waals surface area contributed by atoms with Crippen molar-refractivity contribution in [3.8, 4) is 0 Å². The number of hydrogen-bond acceptors (Lipinski definition) is 2. The number of hydrogen-bond donors (Lipinski definition) is 2. The summed E-state index contributed by atoms with van der Waals surface area (Å²) in [7, 11) is 0. The summed E-state index contributed by atoms with van der Waals surface area (Å²) in [6, 6.07) is 10.3. The van der Waals surface area contributed by atoms with E-state index in [2.05, 4.69) is 29.7 Å². The van der Waals surface area contributed by atoms with Crippen LogP contribution in [0.2, 0.25) is 0 Å². The van der Waals surface area contributed by atoms with Gasteiger partial charge in [-0.1, -0.05) is 37.3 Å². The summed E-state index contributed by atoms with van der Waals surface area (Å²) in [5.41, 5.74) is 1.28. The van der Waals surface area contributed by atoms with Crippen LogP contribution in [0.5, 0.6) is 0 Å². The molecule has 4 heteroatoms. The normalized spacial score (nSPS) is 17.1. The minimum absolute atomic E-state index is 0. The predicted octanol–water partition coefficient (Wildman–Crippen LogP) is 2.72. The molecule has 0 radical (unpaired) electrons. The average molecular weight is 297 g/mol. The van der Waals surface area contributed by atoms with E-state index in [4.69, 9.17) is 0 Å². The van der Waals surface area contributed by atoms with Gasteiger partial charge in [-0.25, -0.2) is 0 Å². The summed E-state index contributed by atoms with van der Waals surface area (Å²) in [6.07, 6.45) is 2.94. The molecule has 1 aromatic carbocycles. The standard InChI is InChI=1S/C16H24N2O.ClH/c1-13(15-5-3-2-4-6-15)12-18-16(19)11-14-7-9-17-10-8-14;/h2-6,13-14,17H,7-12H2,1H3,(H,18,19);1H. The molecule has 1 atom stereocenters. The maximum atomic E-state index is 11.9. The van der Waals surface area contributed by atoms with Crippen molar-refractivity contribution >= 4 is 18.3 Å². The van der Waals surface area contributed by atoms with Gasteiger partial charge in [-0.05, 0) is 43.3 Å². The van der Waals surface area contributed by atoms with Crippen LogP contribution in [0.15, 0.2) is 30.3 Å². The van der Waals surface area contributed by atoms with Gasteiger partial charge >= 0.3 is 0 Å². The van der Waals surface area contributed by atoms with Gasteiger partial charge in [-0.15, -0.1) is 12.4 Å². The summed E-state index contributed by atoms with van der Waals surface area (Å²) in [5.74, 6) is 1.14. The molecule has 0 aromatic heterocycles. The molecule has 0 bridgehead atoms. The molecule has 0 saturated carbocycles. The van der Waals surface area contributed by atoms with Gasteiger partial charge in [-0.3, -0.25) is 4.79 Å². The number of carbonyl (C=O) groups excluding carboxylic acids is 1. The first-order valence-corrected chi connectivity index (χ1v) is 7.28. The van der Waals surface area contributed by atoms with E-state index in [1.807, 2.05) is 18.2 Å². The second-order valence-corrected chi connectivity index (χ2v) is 5.51. The lowest BCUT2D eigenvalue weighted by molar-refractivity contribution is -0.122. The fraction of sp³-hybridized carbons (Fsp3) is 0.562. The van der Waals surface area contributed by atoms with Crippen LogP contribution in [-0.4, -0.2) is 25.5 Å². The van der Waals surface area contributed by atoms with Gasteiger partial charge in [0.15, 0.2) is 0 Å². The largest absolute Gasteiger partial charge is 0.355 e. The van der Waals surface area contributed by atoms with E-state index in [9.17, 15) is 4.79 Å². The number of piperidine rings is 1. The van der Waals surface area contributed by atoms with Crippen LogP contribution in [0.4, 0.5) is 0 Å². The summed E-state index contributed by atoms with van der Waals surface area (Å²) in [6.45, 7) is 4.99. The van der Waals surface area contributed by atoms with Gasteiger partial charge in [0.05, 0.1) is 0 Å². The van der Waals surface area contributed by atoms with E-state index in [0.717, 1.165) is 32.5 Å². The average Bonchev–Trinajstić information content (AvgIpc) is 2.47. The van der Waals surface area contributed by atoms with Crippen molar-refractivity contribution < 1.29 is 4.79 Å². The van der Waals surface area contributed by atoms with Crippen LogP contribution in [0.25, 0.3) is 0 Å². The molecule has 1 fully saturated rings. The molecule has 1 heterocycles. The van der Waals surface area contributed by atoms with Crippen molar-refractivity contribution in [3.63, 3.8) is 0 Å². The zero-order valence-electron chi connectivity index (χ0n) is 12.1. The fourth-order valence-corrected chi connectivity index (χ4v) is 2.59. The smallest absolute Gasteiger partial charge is 0.220 e. The summed E-state index contributed by atoms with van der Waals surface area (Å²) >= 11 is 0. The maximum Gasteiger partial charge on any atom is 0.220 e. The van der Waals surface area contributed by atoms with Crippen LogP contribution < -0.4 is 10.6 Å². The predicted molar refractivity (Wildman–Crippen MR) is 85.3 cm³/mol. The summed E-state index contributed by atoms with van der Waals surface area (Å²) in [5, 5.41) is 6.40. The van der Waals surface area contributed by atoms with Gasteiger partial charge in [-0.2, -0.15) is 0 Å². The van der Waals surface area contributed by atoms with Gasteiger partial charge in [0.25, 0.3) is 0 Å². The number of halogens is 1. The molecule has 0 spiro atoms. The molecule has 1 aliphatic rings. The third-order valence-corrected chi connectivity index (χ3v) is 3.91. The van der Waals surface area contributed by atoms with Gasteiger partial charge in [0.1, 0.15) is 0 Å². The third-order valence-electron chi connectivity index (χ3n) is 3.91. The van der Waals surface area contributed by atoms with Crippen LogP contribution in [0, 0.1) is 5.92 Å². The maximum absolute atomic E-state index is 11.9. The molecular weight excluding hydrogens is 272 g/mol. The molecule has 2 rings (SSSR count). The lowest BCUT2D eigenvalue weighted by atomic mass is 9.94. The molecule has 1 aliphatic heterocycles. The van der Waals surface area contributed by atoms with Gasteiger partial charge in [0, 0.05) is 13.0 Å². The molecule has 3 nitrogen and oxygen atoms in total. The Morgan fingerprint density at radius 3 is 2.60 bits per heavy atom. The second kappa shape index (κ2) is 8.98. The van der Waals surface area contributed by atoms with E-state index in [1.165, 1.54) is 5.56 Å². The number of rotatable bonds is 5. The van der Waals surface area contributed by atoms with Gasteiger partial charge < -0.3 is 10.6 Å². The Morgan fingerprint density at radius 1 is 1.30 bits per heavy atom. The van der Waals surface area contributed by atoms with Crippen molar-refractivity contribution in [2.75, 3.05) is 19.6 Å². The number of nitrogens with one attached hydrogen (secondary N) is 2. The van der Waals surface area contributed by atoms with E-state index in [1.54, 1.807) is 0 Å². The Kier molecular flexibility index (Phi) is 7.63. The topological polar surface area (TPSA) is 41.1 Å².